The van der Waals surface area contributed by atoms with Gasteiger partial charge in [0.15, 0.2) is 0 Å². The normalized spacial score (nSPS) is 13.2. The average Bonchev–Trinajstić information content (AvgIpc) is 3.11. The highest BCUT2D eigenvalue weighted by molar-refractivity contribution is 5.86. The minimum atomic E-state index is -0.391. The van der Waals surface area contributed by atoms with Crippen molar-refractivity contribution in [2.75, 3.05) is 7.11 Å². The molecule has 0 unspecified atom stereocenters. The number of fused-ring (bicyclic) bond motifs is 3. The molecule has 0 atom stereocenters. The Labute approximate surface area is 183 Å². The molecule has 31 heavy (non-hydrogen) atoms. The van der Waals surface area contributed by atoms with Crippen LogP contribution in [0, 0.1) is 6.92 Å². The molecule has 0 amide bonds. The largest absolute Gasteiger partial charge is 0.469 e. The summed E-state index contributed by atoms with van der Waals surface area (Å²) in [4.78, 5) is 0. The van der Waals surface area contributed by atoms with Gasteiger partial charge in [-0.05, 0) is 59.0 Å². The third kappa shape index (κ3) is 2.95. The minimum Gasteiger partial charge on any atom is -0.469 e. The number of hydrogen-bond acceptors (Lipinski definition) is 2. The van der Waals surface area contributed by atoms with Crippen molar-refractivity contribution in [2.45, 2.75) is 12.3 Å². The van der Waals surface area contributed by atoms with E-state index in [1.54, 1.807) is 7.11 Å². The maximum Gasteiger partial charge on any atom is 0.276 e. The fourth-order valence-electron chi connectivity index (χ4n) is 4.77. The maximum absolute atomic E-state index is 5.66. The summed E-state index contributed by atoms with van der Waals surface area (Å²) in [5.41, 5.74) is 8.48. The molecule has 0 heterocycles. The Bertz CT molecular complexity index is 1210. The molecule has 2 heteroatoms. The van der Waals surface area contributed by atoms with Gasteiger partial charge in [0.25, 0.3) is 5.95 Å². The lowest BCUT2D eigenvalue weighted by Gasteiger charge is -2.34. The predicted molar refractivity (Wildman–Crippen MR) is 125 cm³/mol. The van der Waals surface area contributed by atoms with Crippen molar-refractivity contribution in [3.05, 3.63) is 137 Å². The molecule has 4 aromatic carbocycles. The van der Waals surface area contributed by atoms with E-state index >= 15 is 0 Å². The van der Waals surface area contributed by atoms with Crippen LogP contribution in [0.4, 0.5) is 0 Å². The van der Waals surface area contributed by atoms with E-state index in [4.69, 9.17) is 9.47 Å². The molecule has 4 aromatic rings. The summed E-state index contributed by atoms with van der Waals surface area (Å²) in [6.45, 7) is 5.88. The Morgan fingerprint density at radius 2 is 1.16 bits per heavy atom. The van der Waals surface area contributed by atoms with Crippen molar-refractivity contribution < 1.29 is 9.47 Å². The molecule has 5 rings (SSSR count). The highest BCUT2D eigenvalue weighted by Crippen LogP contribution is 2.56. The standard InChI is InChI=1S/C29H24O2/c1-20-12-14-22(15-13-20)29(23-16-18-24(19-17-23)31-21(2)30-3)27-10-6-4-8-25(27)26-9-5-7-11-28(26)29/h4-19H,2H2,1,3H3. The molecular weight excluding hydrogens is 380 g/mol. The fourth-order valence-corrected chi connectivity index (χ4v) is 4.77. The zero-order valence-corrected chi connectivity index (χ0v) is 17.8. The monoisotopic (exact) mass is 404 g/mol. The molecule has 0 bridgehead atoms. The molecular formula is C29H24O2. The van der Waals surface area contributed by atoms with Crippen molar-refractivity contribution in [2.24, 2.45) is 0 Å². The Balaban J connectivity index is 1.79. The van der Waals surface area contributed by atoms with Crippen molar-refractivity contribution in [3.8, 4) is 16.9 Å². The van der Waals surface area contributed by atoms with Crippen LogP contribution in [0.5, 0.6) is 5.75 Å². The first-order valence-corrected chi connectivity index (χ1v) is 10.4. The van der Waals surface area contributed by atoms with Gasteiger partial charge in [-0.2, -0.15) is 0 Å². The van der Waals surface area contributed by atoms with E-state index in [-0.39, 0.29) is 5.95 Å². The van der Waals surface area contributed by atoms with Crippen LogP contribution in [-0.2, 0) is 10.2 Å². The van der Waals surface area contributed by atoms with Crippen molar-refractivity contribution in [1.82, 2.24) is 0 Å². The second kappa shape index (κ2) is 7.48. The zero-order valence-electron chi connectivity index (χ0n) is 17.8. The molecule has 1 aliphatic rings. The van der Waals surface area contributed by atoms with Gasteiger partial charge in [-0.25, -0.2) is 0 Å². The molecule has 2 nitrogen and oxygen atoms in total. The third-order valence-corrected chi connectivity index (χ3v) is 6.18. The molecule has 0 radical (unpaired) electrons. The molecule has 0 aromatic heterocycles. The number of aryl methyl sites for hydroxylation is 1. The van der Waals surface area contributed by atoms with Gasteiger partial charge in [0.1, 0.15) is 5.75 Å². The lowest BCUT2D eigenvalue weighted by atomic mass is 9.67. The number of rotatable bonds is 5. The van der Waals surface area contributed by atoms with E-state index < -0.39 is 5.41 Å². The molecule has 0 N–H and O–H groups in total. The van der Waals surface area contributed by atoms with Crippen molar-refractivity contribution >= 4 is 0 Å². The van der Waals surface area contributed by atoms with Crippen LogP contribution in [-0.4, -0.2) is 7.11 Å². The Morgan fingerprint density at radius 3 is 1.68 bits per heavy atom. The Kier molecular flexibility index (Phi) is 4.63. The third-order valence-electron chi connectivity index (χ3n) is 6.18. The van der Waals surface area contributed by atoms with Crippen LogP contribution in [0.2, 0.25) is 0 Å². The SMILES string of the molecule is C=C(OC)Oc1ccc(C2(c3ccc(C)cc3)c3ccccc3-c3ccccc32)cc1. The Morgan fingerprint density at radius 1 is 0.677 bits per heavy atom. The smallest absolute Gasteiger partial charge is 0.276 e. The lowest BCUT2D eigenvalue weighted by Crippen LogP contribution is -2.28. The molecule has 1 aliphatic carbocycles. The van der Waals surface area contributed by atoms with Gasteiger partial charge in [-0.1, -0.05) is 90.5 Å². The summed E-state index contributed by atoms with van der Waals surface area (Å²) in [5, 5.41) is 0. The van der Waals surface area contributed by atoms with E-state index in [0.717, 1.165) is 0 Å². The first kappa shape index (κ1) is 19.2. The van der Waals surface area contributed by atoms with Gasteiger partial charge in [0.2, 0.25) is 0 Å². The molecule has 0 aliphatic heterocycles. The van der Waals surface area contributed by atoms with Crippen LogP contribution in [0.3, 0.4) is 0 Å². The van der Waals surface area contributed by atoms with E-state index in [0.29, 0.717) is 5.75 Å². The Hall–Kier alpha value is -3.78. The van der Waals surface area contributed by atoms with E-state index in [1.165, 1.54) is 38.9 Å². The number of hydrogen-bond donors (Lipinski definition) is 0. The second-order valence-corrected chi connectivity index (χ2v) is 7.91. The van der Waals surface area contributed by atoms with Gasteiger partial charge in [0.05, 0.1) is 12.5 Å². The van der Waals surface area contributed by atoms with E-state index in [2.05, 4.69) is 98.4 Å². The van der Waals surface area contributed by atoms with Gasteiger partial charge < -0.3 is 9.47 Å². The summed E-state index contributed by atoms with van der Waals surface area (Å²) in [5.74, 6) is 0.978. The predicted octanol–water partition coefficient (Wildman–Crippen LogP) is 6.85. The summed E-state index contributed by atoms with van der Waals surface area (Å²) in [6, 6.07) is 34.6. The average molecular weight is 405 g/mol. The highest BCUT2D eigenvalue weighted by atomic mass is 16.7. The summed E-state index contributed by atoms with van der Waals surface area (Å²) in [6.07, 6.45) is 0. The second-order valence-electron chi connectivity index (χ2n) is 7.91. The van der Waals surface area contributed by atoms with Gasteiger partial charge >= 0.3 is 0 Å². The van der Waals surface area contributed by atoms with Gasteiger partial charge in [-0.15, -0.1) is 0 Å². The van der Waals surface area contributed by atoms with Crippen LogP contribution in [0.25, 0.3) is 11.1 Å². The van der Waals surface area contributed by atoms with Crippen LogP contribution >= 0.6 is 0 Å². The number of methoxy groups -OCH3 is 1. The zero-order chi connectivity index (χ0) is 21.4. The summed E-state index contributed by atoms with van der Waals surface area (Å²) in [7, 11) is 1.55. The molecule has 0 saturated heterocycles. The van der Waals surface area contributed by atoms with E-state index in [1.807, 2.05) is 12.1 Å². The quantitative estimate of drug-likeness (QED) is 0.298. The van der Waals surface area contributed by atoms with Gasteiger partial charge in [-0.3, -0.25) is 0 Å². The topological polar surface area (TPSA) is 18.5 Å². The highest BCUT2D eigenvalue weighted by Gasteiger charge is 2.45. The first-order chi connectivity index (χ1) is 15.1. The molecule has 0 fully saturated rings. The molecule has 152 valence electrons. The van der Waals surface area contributed by atoms with Crippen molar-refractivity contribution in [1.29, 1.82) is 0 Å². The van der Waals surface area contributed by atoms with Crippen molar-refractivity contribution in [3.63, 3.8) is 0 Å². The lowest BCUT2D eigenvalue weighted by molar-refractivity contribution is 0.154. The summed E-state index contributed by atoms with van der Waals surface area (Å²) >= 11 is 0. The fraction of sp³-hybridized carbons (Fsp3) is 0.103. The van der Waals surface area contributed by atoms with Crippen LogP contribution in [0.15, 0.2) is 110 Å². The minimum absolute atomic E-state index is 0.276. The van der Waals surface area contributed by atoms with E-state index in [9.17, 15) is 0 Å². The van der Waals surface area contributed by atoms with Gasteiger partial charge in [0, 0.05) is 0 Å². The number of ether oxygens (including phenoxy) is 2. The first-order valence-electron chi connectivity index (χ1n) is 10.4. The maximum atomic E-state index is 5.66. The summed E-state index contributed by atoms with van der Waals surface area (Å²) < 4.78 is 10.7. The molecule has 0 saturated carbocycles. The number of benzene rings is 4. The van der Waals surface area contributed by atoms with Crippen LogP contribution < -0.4 is 4.74 Å². The molecule has 0 spiro atoms. The van der Waals surface area contributed by atoms with Crippen LogP contribution in [0.1, 0.15) is 27.8 Å².